The number of benzene rings is 1. The van der Waals surface area contributed by atoms with Crippen LogP contribution in [0.1, 0.15) is 23.7 Å². The smallest absolute Gasteiger partial charge is 0.164 e. The van der Waals surface area contributed by atoms with Crippen molar-refractivity contribution in [3.8, 4) is 5.75 Å². The second kappa shape index (κ2) is 3.59. The van der Waals surface area contributed by atoms with E-state index in [1.54, 1.807) is 6.92 Å². The van der Waals surface area contributed by atoms with Crippen molar-refractivity contribution in [2.75, 3.05) is 0 Å². The van der Waals surface area contributed by atoms with Gasteiger partial charge in [-0.25, -0.2) is 0 Å². The third-order valence-electron chi connectivity index (χ3n) is 1.57. The molecule has 64 valence electrons. The number of phenols is 1. The summed E-state index contributed by atoms with van der Waals surface area (Å²) in [5, 5.41) is 9.30. The van der Waals surface area contributed by atoms with Gasteiger partial charge in [0.25, 0.3) is 0 Å². The van der Waals surface area contributed by atoms with Crippen LogP contribution < -0.4 is 0 Å². The SMILES string of the molecule is CCC(=O)c1ccc(O)cc1Cl. The van der Waals surface area contributed by atoms with Crippen molar-refractivity contribution < 1.29 is 9.90 Å². The van der Waals surface area contributed by atoms with Crippen LogP contribution in [-0.4, -0.2) is 10.9 Å². The van der Waals surface area contributed by atoms with E-state index >= 15 is 0 Å². The maximum atomic E-state index is 11.2. The zero-order chi connectivity index (χ0) is 9.14. The number of carbonyl (C=O) groups is 1. The molecule has 0 saturated heterocycles. The Hall–Kier alpha value is -1.02. The zero-order valence-electron chi connectivity index (χ0n) is 6.67. The number of halogens is 1. The van der Waals surface area contributed by atoms with Gasteiger partial charge < -0.3 is 5.11 Å². The molecule has 0 bridgehead atoms. The molecule has 1 aromatic carbocycles. The molecule has 1 aromatic rings. The first-order valence-corrected chi connectivity index (χ1v) is 4.04. The highest BCUT2D eigenvalue weighted by molar-refractivity contribution is 6.34. The van der Waals surface area contributed by atoms with Gasteiger partial charge in [-0.3, -0.25) is 4.79 Å². The molecule has 0 fully saturated rings. The first kappa shape index (κ1) is 9.07. The molecule has 0 aliphatic heterocycles. The average Bonchev–Trinajstić information content (AvgIpc) is 2.03. The predicted molar refractivity (Wildman–Crippen MR) is 47.7 cm³/mol. The van der Waals surface area contributed by atoms with E-state index in [1.165, 1.54) is 18.2 Å². The molecule has 0 spiro atoms. The number of rotatable bonds is 2. The fraction of sp³-hybridized carbons (Fsp3) is 0.222. The quantitative estimate of drug-likeness (QED) is 0.718. The molecule has 0 unspecified atom stereocenters. The van der Waals surface area contributed by atoms with E-state index in [-0.39, 0.29) is 11.5 Å². The average molecular weight is 185 g/mol. The summed E-state index contributed by atoms with van der Waals surface area (Å²) >= 11 is 5.72. The molecule has 1 rings (SSSR count). The Morgan fingerprint density at radius 2 is 2.25 bits per heavy atom. The molecular formula is C9H9ClO2. The van der Waals surface area contributed by atoms with E-state index in [0.29, 0.717) is 17.0 Å². The van der Waals surface area contributed by atoms with Crippen molar-refractivity contribution in [3.63, 3.8) is 0 Å². The normalized spacial score (nSPS) is 9.83. The third-order valence-corrected chi connectivity index (χ3v) is 1.89. The van der Waals surface area contributed by atoms with Crippen molar-refractivity contribution in [3.05, 3.63) is 28.8 Å². The van der Waals surface area contributed by atoms with Crippen LogP contribution in [0.3, 0.4) is 0 Å². The van der Waals surface area contributed by atoms with Crippen LogP contribution in [0.4, 0.5) is 0 Å². The maximum absolute atomic E-state index is 11.2. The van der Waals surface area contributed by atoms with Crippen molar-refractivity contribution in [1.82, 2.24) is 0 Å². The Labute approximate surface area is 75.8 Å². The third kappa shape index (κ3) is 1.77. The number of ketones is 1. The molecule has 0 aromatic heterocycles. The van der Waals surface area contributed by atoms with E-state index in [4.69, 9.17) is 16.7 Å². The number of hydrogen-bond acceptors (Lipinski definition) is 2. The summed E-state index contributed by atoms with van der Waals surface area (Å²) in [5.74, 6) is 0.0626. The van der Waals surface area contributed by atoms with Crippen molar-refractivity contribution in [1.29, 1.82) is 0 Å². The number of hydrogen-bond donors (Lipinski definition) is 1. The number of aromatic hydroxyl groups is 1. The monoisotopic (exact) mass is 184 g/mol. The molecule has 0 aliphatic rings. The minimum absolute atomic E-state index is 0.0139. The summed E-state index contributed by atoms with van der Waals surface area (Å²) in [5.41, 5.74) is 0.469. The Morgan fingerprint density at radius 1 is 1.58 bits per heavy atom. The molecular weight excluding hydrogens is 176 g/mol. The molecule has 12 heavy (non-hydrogen) atoms. The van der Waals surface area contributed by atoms with Crippen LogP contribution in [-0.2, 0) is 0 Å². The molecule has 3 heteroatoms. The lowest BCUT2D eigenvalue weighted by Crippen LogP contribution is -1.96. The summed E-state index contributed by atoms with van der Waals surface area (Å²) in [6.07, 6.45) is 0.421. The van der Waals surface area contributed by atoms with Crippen molar-refractivity contribution >= 4 is 17.4 Å². The highest BCUT2D eigenvalue weighted by Crippen LogP contribution is 2.22. The molecule has 0 radical (unpaired) electrons. The van der Waals surface area contributed by atoms with Gasteiger partial charge >= 0.3 is 0 Å². The van der Waals surface area contributed by atoms with E-state index < -0.39 is 0 Å². The zero-order valence-corrected chi connectivity index (χ0v) is 7.43. The number of Topliss-reactive ketones (excluding diaryl/α,β-unsaturated/α-hetero) is 1. The second-order valence-corrected chi connectivity index (χ2v) is 2.85. The van der Waals surface area contributed by atoms with Crippen LogP contribution in [0.5, 0.6) is 5.75 Å². The second-order valence-electron chi connectivity index (χ2n) is 2.44. The van der Waals surface area contributed by atoms with Crippen molar-refractivity contribution in [2.45, 2.75) is 13.3 Å². The van der Waals surface area contributed by atoms with Gasteiger partial charge in [0, 0.05) is 12.0 Å². The molecule has 0 atom stereocenters. The lowest BCUT2D eigenvalue weighted by Gasteiger charge is -2.00. The lowest BCUT2D eigenvalue weighted by atomic mass is 10.1. The number of carbonyl (C=O) groups excluding carboxylic acids is 1. The van der Waals surface area contributed by atoms with Gasteiger partial charge in [0.2, 0.25) is 0 Å². The van der Waals surface area contributed by atoms with Gasteiger partial charge in [-0.1, -0.05) is 18.5 Å². The summed E-state index contributed by atoms with van der Waals surface area (Å²) in [6.45, 7) is 1.77. The molecule has 0 heterocycles. The Kier molecular flexibility index (Phi) is 2.71. The van der Waals surface area contributed by atoms with Crippen LogP contribution in [0, 0.1) is 0 Å². The first-order chi connectivity index (χ1) is 5.65. The number of phenolic OH excluding ortho intramolecular Hbond substituents is 1. The highest BCUT2D eigenvalue weighted by Gasteiger charge is 2.07. The maximum Gasteiger partial charge on any atom is 0.164 e. The molecule has 0 aliphatic carbocycles. The molecule has 1 N–H and O–H groups in total. The van der Waals surface area contributed by atoms with Crippen LogP contribution >= 0.6 is 11.6 Å². The molecule has 2 nitrogen and oxygen atoms in total. The standard InChI is InChI=1S/C9H9ClO2/c1-2-9(12)7-4-3-6(11)5-8(7)10/h3-5,11H,2H2,1H3. The largest absolute Gasteiger partial charge is 0.508 e. The van der Waals surface area contributed by atoms with E-state index in [2.05, 4.69) is 0 Å². The minimum Gasteiger partial charge on any atom is -0.508 e. The van der Waals surface area contributed by atoms with Gasteiger partial charge in [-0.2, -0.15) is 0 Å². The van der Waals surface area contributed by atoms with E-state index in [0.717, 1.165) is 0 Å². The van der Waals surface area contributed by atoms with Crippen LogP contribution in [0.15, 0.2) is 18.2 Å². The Morgan fingerprint density at radius 3 is 2.75 bits per heavy atom. The topological polar surface area (TPSA) is 37.3 Å². The minimum atomic E-state index is -0.0139. The highest BCUT2D eigenvalue weighted by atomic mass is 35.5. The summed E-state index contributed by atoms with van der Waals surface area (Å²) < 4.78 is 0. The van der Waals surface area contributed by atoms with Gasteiger partial charge in [-0.15, -0.1) is 0 Å². The van der Waals surface area contributed by atoms with Crippen LogP contribution in [0.2, 0.25) is 5.02 Å². The fourth-order valence-corrected chi connectivity index (χ4v) is 1.20. The van der Waals surface area contributed by atoms with E-state index in [9.17, 15) is 4.79 Å². The fourth-order valence-electron chi connectivity index (χ4n) is 0.921. The Balaban J connectivity index is 3.09. The van der Waals surface area contributed by atoms with Gasteiger partial charge in [0.1, 0.15) is 5.75 Å². The van der Waals surface area contributed by atoms with Crippen molar-refractivity contribution in [2.24, 2.45) is 0 Å². The summed E-state index contributed by atoms with van der Waals surface area (Å²) in [6, 6.07) is 4.35. The Bertz CT molecular complexity index is 307. The summed E-state index contributed by atoms with van der Waals surface area (Å²) in [4.78, 5) is 11.2. The predicted octanol–water partition coefficient (Wildman–Crippen LogP) is 2.64. The molecule has 0 saturated carbocycles. The van der Waals surface area contributed by atoms with E-state index in [1.807, 2.05) is 0 Å². The summed E-state index contributed by atoms with van der Waals surface area (Å²) in [7, 11) is 0. The van der Waals surface area contributed by atoms with Gasteiger partial charge in [0.15, 0.2) is 5.78 Å². The molecule has 0 amide bonds. The lowest BCUT2D eigenvalue weighted by molar-refractivity contribution is 0.0988. The first-order valence-electron chi connectivity index (χ1n) is 3.67. The van der Waals surface area contributed by atoms with Crippen LogP contribution in [0.25, 0.3) is 0 Å². The van der Waals surface area contributed by atoms with Gasteiger partial charge in [-0.05, 0) is 18.2 Å². The van der Waals surface area contributed by atoms with Gasteiger partial charge in [0.05, 0.1) is 5.02 Å².